The fraction of sp³-hybridized carbons (Fsp3) is 0.300. The van der Waals surface area contributed by atoms with Crippen molar-refractivity contribution in [3.63, 3.8) is 0 Å². The van der Waals surface area contributed by atoms with Crippen LogP contribution in [0.2, 0.25) is 0 Å². The Labute approximate surface area is 241 Å². The van der Waals surface area contributed by atoms with E-state index in [4.69, 9.17) is 5.73 Å². The molecule has 0 atom stereocenters. The summed E-state index contributed by atoms with van der Waals surface area (Å²) >= 11 is 0. The van der Waals surface area contributed by atoms with Crippen molar-refractivity contribution < 1.29 is 19.1 Å². The highest BCUT2D eigenvalue weighted by atomic mass is 19.1. The summed E-state index contributed by atoms with van der Waals surface area (Å²) in [5, 5.41) is 13.5. The molecule has 2 aliphatic rings. The van der Waals surface area contributed by atoms with Gasteiger partial charge in [0.15, 0.2) is 5.82 Å². The second kappa shape index (κ2) is 10.5. The van der Waals surface area contributed by atoms with Crippen molar-refractivity contribution in [3.05, 3.63) is 76.4 Å². The minimum atomic E-state index is -0.511. The number of nitrogen functional groups attached to an aromatic ring is 1. The highest BCUT2D eigenvalue weighted by molar-refractivity contribution is 6.09. The number of aliphatic hydroxyl groups is 1. The van der Waals surface area contributed by atoms with Gasteiger partial charge < -0.3 is 30.5 Å². The molecule has 1 aliphatic carbocycles. The number of benzene rings is 2. The molecular formula is C30H31FN8O3. The Hall–Kier alpha value is -4.84. The Morgan fingerprint density at radius 3 is 2.69 bits per heavy atom. The monoisotopic (exact) mass is 570 g/mol. The molecule has 42 heavy (non-hydrogen) atoms. The van der Waals surface area contributed by atoms with E-state index in [0.29, 0.717) is 47.1 Å². The quantitative estimate of drug-likeness (QED) is 0.306. The van der Waals surface area contributed by atoms with Crippen molar-refractivity contribution in [3.8, 4) is 11.4 Å². The molecule has 4 N–H and O–H groups in total. The number of nitrogens with zero attached hydrogens (tertiary/aromatic N) is 6. The van der Waals surface area contributed by atoms with Gasteiger partial charge >= 0.3 is 0 Å². The average molecular weight is 571 g/mol. The highest BCUT2D eigenvalue weighted by Crippen LogP contribution is 2.42. The number of aliphatic hydroxyl groups excluding tert-OH is 1. The molecular weight excluding hydrogens is 539 g/mol. The van der Waals surface area contributed by atoms with Crippen LogP contribution in [0.15, 0.2) is 42.6 Å². The number of nitrogens with two attached hydrogens (primary N) is 1. The van der Waals surface area contributed by atoms with Crippen LogP contribution in [0.25, 0.3) is 11.4 Å². The number of aryl methyl sites for hydroxylation is 1. The van der Waals surface area contributed by atoms with Crippen molar-refractivity contribution in [2.45, 2.75) is 31.8 Å². The molecule has 0 saturated heterocycles. The van der Waals surface area contributed by atoms with Crippen LogP contribution in [0.3, 0.4) is 0 Å². The smallest absolute Gasteiger partial charge is 0.270 e. The Morgan fingerprint density at radius 1 is 1.19 bits per heavy atom. The molecule has 12 heteroatoms. The summed E-state index contributed by atoms with van der Waals surface area (Å²) in [6.07, 6.45) is 4.32. The molecule has 11 nitrogen and oxygen atoms in total. The third-order valence-electron chi connectivity index (χ3n) is 7.69. The molecule has 216 valence electrons. The molecule has 6 rings (SSSR count). The van der Waals surface area contributed by atoms with Crippen molar-refractivity contribution >= 4 is 35.1 Å². The summed E-state index contributed by atoms with van der Waals surface area (Å²) in [7, 11) is 5.10. The molecule has 1 fully saturated rings. The fourth-order valence-corrected chi connectivity index (χ4v) is 5.45. The first-order valence-corrected chi connectivity index (χ1v) is 13.7. The van der Waals surface area contributed by atoms with Gasteiger partial charge in [-0.05, 0) is 54.5 Å². The second-order valence-electron chi connectivity index (χ2n) is 10.9. The molecule has 2 aromatic carbocycles. The lowest BCUT2D eigenvalue weighted by molar-refractivity contribution is 0.0818. The number of anilines is 4. The van der Waals surface area contributed by atoms with Gasteiger partial charge in [0.25, 0.3) is 11.8 Å². The second-order valence-corrected chi connectivity index (χ2v) is 10.9. The largest absolute Gasteiger partial charge is 0.392 e. The van der Waals surface area contributed by atoms with Gasteiger partial charge in [-0.3, -0.25) is 9.59 Å². The van der Waals surface area contributed by atoms with E-state index >= 15 is 4.39 Å². The first-order valence-electron chi connectivity index (χ1n) is 13.7. The van der Waals surface area contributed by atoms with E-state index in [9.17, 15) is 14.7 Å². The Kier molecular flexibility index (Phi) is 6.85. The minimum Gasteiger partial charge on any atom is -0.392 e. The summed E-state index contributed by atoms with van der Waals surface area (Å²) in [5.41, 5.74) is 10.1. The first-order chi connectivity index (χ1) is 20.1. The number of aromatic nitrogens is 4. The standard InChI is InChI=1S/C30H31FN8O3/c1-37(2)27(41)24-13-19(14-38(24)3)33-30-35-26(34-29(32)36-30)20-5-4-6-23(21(20)15-40)39-10-9-17-11-18(16-7-8-16)12-22(31)25(17)28(39)42/h4-6,11-14,16,40H,7-10,15H2,1-3H3,(H3,32,33,34,35,36). The summed E-state index contributed by atoms with van der Waals surface area (Å²) in [6.45, 7) is -0.0850. The normalized spacial score (nSPS) is 14.6. The van der Waals surface area contributed by atoms with E-state index < -0.39 is 18.3 Å². The zero-order valence-corrected chi connectivity index (χ0v) is 23.6. The molecule has 1 aliphatic heterocycles. The third kappa shape index (κ3) is 4.94. The molecule has 4 aromatic rings. The van der Waals surface area contributed by atoms with Crippen molar-refractivity contribution in [2.24, 2.45) is 7.05 Å². The highest BCUT2D eigenvalue weighted by Gasteiger charge is 2.33. The van der Waals surface area contributed by atoms with Crippen molar-refractivity contribution in [1.82, 2.24) is 24.4 Å². The van der Waals surface area contributed by atoms with Gasteiger partial charge in [-0.25, -0.2) is 4.39 Å². The summed E-state index contributed by atoms with van der Waals surface area (Å²) in [4.78, 5) is 42.0. The van der Waals surface area contributed by atoms with Crippen LogP contribution < -0.4 is 16.0 Å². The fourth-order valence-electron chi connectivity index (χ4n) is 5.45. The number of carbonyl (C=O) groups is 2. The van der Waals surface area contributed by atoms with Crippen LogP contribution in [-0.4, -0.2) is 62.0 Å². The number of carbonyl (C=O) groups excluding carboxylic acids is 2. The van der Waals surface area contributed by atoms with Gasteiger partial charge in [0, 0.05) is 45.0 Å². The molecule has 2 amide bonds. The van der Waals surface area contributed by atoms with Gasteiger partial charge in [-0.2, -0.15) is 15.0 Å². The number of nitrogens with one attached hydrogen (secondary N) is 1. The Balaban J connectivity index is 1.33. The van der Waals surface area contributed by atoms with E-state index in [-0.39, 0.29) is 29.2 Å². The molecule has 1 saturated carbocycles. The Morgan fingerprint density at radius 2 is 1.98 bits per heavy atom. The summed E-state index contributed by atoms with van der Waals surface area (Å²) in [5.74, 6) is -0.486. The van der Waals surface area contributed by atoms with E-state index in [1.165, 1.54) is 15.9 Å². The number of rotatable bonds is 7. The zero-order valence-electron chi connectivity index (χ0n) is 23.6. The summed E-state index contributed by atoms with van der Waals surface area (Å²) < 4.78 is 16.9. The van der Waals surface area contributed by atoms with Gasteiger partial charge in [0.05, 0.1) is 23.5 Å². The number of hydrogen-bond donors (Lipinski definition) is 3. The molecule has 0 unspecified atom stereocenters. The molecule has 0 radical (unpaired) electrons. The zero-order chi connectivity index (χ0) is 29.7. The maximum absolute atomic E-state index is 15.2. The van der Waals surface area contributed by atoms with Gasteiger partial charge in [0.2, 0.25) is 11.9 Å². The lowest BCUT2D eigenvalue weighted by Crippen LogP contribution is -2.39. The van der Waals surface area contributed by atoms with Crippen LogP contribution >= 0.6 is 0 Å². The molecule has 3 heterocycles. The van der Waals surface area contributed by atoms with E-state index in [0.717, 1.165) is 24.0 Å². The first kappa shape index (κ1) is 27.3. The number of amides is 2. The maximum Gasteiger partial charge on any atom is 0.270 e. The number of hydrogen-bond acceptors (Lipinski definition) is 8. The predicted octanol–water partition coefficient (Wildman–Crippen LogP) is 3.62. The van der Waals surface area contributed by atoms with Crippen LogP contribution in [0.1, 0.15) is 56.3 Å². The van der Waals surface area contributed by atoms with Gasteiger partial charge in [-0.1, -0.05) is 18.2 Å². The van der Waals surface area contributed by atoms with Crippen molar-refractivity contribution in [1.29, 1.82) is 0 Å². The minimum absolute atomic E-state index is 0.0613. The molecule has 0 bridgehead atoms. The van der Waals surface area contributed by atoms with Crippen LogP contribution in [0.4, 0.5) is 27.7 Å². The van der Waals surface area contributed by atoms with E-state index in [1.807, 2.05) is 6.07 Å². The van der Waals surface area contributed by atoms with Crippen LogP contribution in [0, 0.1) is 5.82 Å². The summed E-state index contributed by atoms with van der Waals surface area (Å²) in [6, 6.07) is 10.3. The van der Waals surface area contributed by atoms with E-state index in [2.05, 4.69) is 20.3 Å². The topological polar surface area (TPSA) is 142 Å². The van der Waals surface area contributed by atoms with Crippen LogP contribution in [-0.2, 0) is 20.1 Å². The SMILES string of the molecule is CN(C)C(=O)c1cc(Nc2nc(N)nc(-c3cccc(N4CCc5cc(C6CC6)cc(F)c5C4=O)c3CO)n2)cn1C. The number of halogens is 1. The predicted molar refractivity (Wildman–Crippen MR) is 156 cm³/mol. The lowest BCUT2D eigenvalue weighted by atomic mass is 9.93. The van der Waals surface area contributed by atoms with Crippen LogP contribution in [0.5, 0.6) is 0 Å². The maximum atomic E-state index is 15.2. The lowest BCUT2D eigenvalue weighted by Gasteiger charge is -2.31. The Bertz CT molecular complexity index is 1730. The van der Waals surface area contributed by atoms with Gasteiger partial charge in [0.1, 0.15) is 11.5 Å². The molecule has 2 aromatic heterocycles. The van der Waals surface area contributed by atoms with Gasteiger partial charge in [-0.15, -0.1) is 0 Å². The van der Waals surface area contributed by atoms with E-state index in [1.54, 1.807) is 56.2 Å². The van der Waals surface area contributed by atoms with Crippen molar-refractivity contribution in [2.75, 3.05) is 36.6 Å². The third-order valence-corrected chi connectivity index (χ3v) is 7.69. The number of fused-ring (bicyclic) bond motifs is 1. The molecule has 0 spiro atoms. The average Bonchev–Trinajstić information content (AvgIpc) is 3.74.